The number of nitrogens with one attached hydrogen (secondary N) is 1. The van der Waals surface area contributed by atoms with E-state index in [0.717, 1.165) is 0 Å². The van der Waals surface area contributed by atoms with Crippen LogP contribution in [0.4, 0.5) is 0 Å². The number of hydrogen-bond acceptors (Lipinski definition) is 11. The van der Waals surface area contributed by atoms with E-state index in [1.54, 1.807) is 0 Å². The van der Waals surface area contributed by atoms with Crippen LogP contribution in [0.25, 0.3) is 0 Å². The second-order valence-corrected chi connectivity index (χ2v) is 6.22. The average molecular weight is 319 g/mol. The molecule has 3 saturated heterocycles. The monoisotopic (exact) mass is 319 g/mol. The lowest BCUT2D eigenvalue weighted by Crippen LogP contribution is -2.95. The number of aliphatic hydroxyl groups is 6. The number of ether oxygens (including phenoxy) is 2. The molecule has 4 aliphatic heterocycles. The summed E-state index contributed by atoms with van der Waals surface area (Å²) < 4.78 is 10.3. The quantitative estimate of drug-likeness (QED) is 0.231. The number of aliphatic imine (C=N–C) groups is 1. The van der Waals surface area contributed by atoms with E-state index in [2.05, 4.69) is 10.3 Å². The van der Waals surface area contributed by atoms with Crippen LogP contribution in [-0.4, -0.2) is 91.0 Å². The van der Waals surface area contributed by atoms with E-state index < -0.39 is 60.3 Å². The third-order valence-corrected chi connectivity index (χ3v) is 5.22. The van der Waals surface area contributed by atoms with Crippen molar-refractivity contribution < 1.29 is 40.1 Å². The molecule has 1 spiro atoms. The van der Waals surface area contributed by atoms with Crippen molar-refractivity contribution in [2.45, 2.75) is 47.8 Å². The third kappa shape index (κ3) is 1.28. The summed E-state index contributed by atoms with van der Waals surface area (Å²) in [5.74, 6) is -3.95. The Labute approximate surface area is 123 Å². The van der Waals surface area contributed by atoms with Crippen LogP contribution < -0.4 is 11.1 Å². The molecule has 9 N–H and O–H groups in total. The van der Waals surface area contributed by atoms with E-state index in [1.165, 1.54) is 0 Å². The molecule has 4 fully saturated rings. The Bertz CT molecular complexity index is 561. The second-order valence-electron chi connectivity index (χ2n) is 6.22. The normalized spacial score (nSPS) is 62.4. The van der Waals surface area contributed by atoms with E-state index in [-0.39, 0.29) is 5.96 Å². The molecule has 9 atom stereocenters. The number of nitrogens with zero attached hydrogens (tertiary/aromatic N) is 1. The number of hydrogen-bond donors (Lipinski definition) is 8. The molecule has 5 rings (SSSR count). The zero-order valence-electron chi connectivity index (χ0n) is 11.2. The fourth-order valence-electron chi connectivity index (χ4n) is 4.24. The topological polar surface area (TPSA) is 190 Å². The molecule has 0 aromatic carbocycles. The second kappa shape index (κ2) is 3.88. The Balaban J connectivity index is 1.95. The zero-order valence-corrected chi connectivity index (χ0v) is 11.2. The van der Waals surface area contributed by atoms with Crippen LogP contribution in [0.15, 0.2) is 4.99 Å². The molecule has 0 radical (unpaired) electrons. The van der Waals surface area contributed by atoms with E-state index in [4.69, 9.17) is 15.2 Å². The fourth-order valence-corrected chi connectivity index (χ4v) is 4.24. The van der Waals surface area contributed by atoms with Crippen molar-refractivity contribution >= 4 is 5.96 Å². The summed E-state index contributed by atoms with van der Waals surface area (Å²) in [5, 5.41) is 64.3. The molecular formula is C11H17N3O8. The summed E-state index contributed by atoms with van der Waals surface area (Å²) >= 11 is 0. The summed E-state index contributed by atoms with van der Waals surface area (Å²) in [7, 11) is 0. The van der Waals surface area contributed by atoms with Crippen LogP contribution in [0.1, 0.15) is 0 Å². The first kappa shape index (κ1) is 14.5. The molecule has 22 heavy (non-hydrogen) atoms. The maximum atomic E-state index is 10.6. The van der Waals surface area contributed by atoms with E-state index in [0.29, 0.717) is 0 Å². The molecule has 124 valence electrons. The fraction of sp³-hybridized carbons (Fsp3) is 0.909. The molecule has 11 heteroatoms. The molecule has 11 nitrogen and oxygen atoms in total. The molecule has 3 unspecified atom stereocenters. The van der Waals surface area contributed by atoms with Gasteiger partial charge in [0.25, 0.3) is 0 Å². The SMILES string of the molecule is NC1=N[C@H](O)[C@H]2[C@H]3OC4(O)O[C@@H](C(O)C2(N1)[C@@H]4O)[C@]3(O)CO. The Morgan fingerprint density at radius 2 is 1.82 bits per heavy atom. The Kier molecular flexibility index (Phi) is 2.57. The van der Waals surface area contributed by atoms with Crippen molar-refractivity contribution in [1.29, 1.82) is 0 Å². The zero-order chi connectivity index (χ0) is 16.1. The van der Waals surface area contributed by atoms with Gasteiger partial charge in [0.05, 0.1) is 12.5 Å². The Morgan fingerprint density at radius 3 is 2.45 bits per heavy atom. The van der Waals surface area contributed by atoms with Crippen molar-refractivity contribution in [3.63, 3.8) is 0 Å². The Hall–Kier alpha value is -1.05. The van der Waals surface area contributed by atoms with Gasteiger partial charge in [0.1, 0.15) is 29.5 Å². The molecule has 4 bridgehead atoms. The minimum absolute atomic E-state index is 0.250. The average Bonchev–Trinajstić information content (AvgIpc) is 2.45. The summed E-state index contributed by atoms with van der Waals surface area (Å²) in [6.07, 6.45) is -7.77. The predicted molar refractivity (Wildman–Crippen MR) is 65.7 cm³/mol. The van der Waals surface area contributed by atoms with Crippen molar-refractivity contribution in [2.75, 3.05) is 6.61 Å². The first-order valence-corrected chi connectivity index (χ1v) is 6.77. The van der Waals surface area contributed by atoms with E-state index >= 15 is 0 Å². The summed E-state index contributed by atoms with van der Waals surface area (Å²) in [4.78, 5) is 3.70. The first-order chi connectivity index (χ1) is 10.2. The smallest absolute Gasteiger partial charge is 0.311 e. The van der Waals surface area contributed by atoms with Crippen LogP contribution in [0.3, 0.4) is 0 Å². The highest BCUT2D eigenvalue weighted by Gasteiger charge is 2.82. The van der Waals surface area contributed by atoms with Crippen LogP contribution >= 0.6 is 0 Å². The van der Waals surface area contributed by atoms with Crippen LogP contribution in [0, 0.1) is 5.92 Å². The van der Waals surface area contributed by atoms with Gasteiger partial charge in [-0.2, -0.15) is 0 Å². The summed E-state index contributed by atoms with van der Waals surface area (Å²) in [5.41, 5.74) is 1.74. The van der Waals surface area contributed by atoms with Gasteiger partial charge in [-0.1, -0.05) is 0 Å². The number of rotatable bonds is 1. The lowest BCUT2D eigenvalue weighted by molar-refractivity contribution is -0.548. The minimum Gasteiger partial charge on any atom is -0.393 e. The largest absolute Gasteiger partial charge is 0.393 e. The predicted octanol–water partition coefficient (Wildman–Crippen LogP) is -5.52. The van der Waals surface area contributed by atoms with Crippen LogP contribution in [0.5, 0.6) is 0 Å². The maximum Gasteiger partial charge on any atom is 0.311 e. The lowest BCUT2D eigenvalue weighted by Gasteiger charge is -2.71. The van der Waals surface area contributed by atoms with Gasteiger partial charge < -0.3 is 51.2 Å². The van der Waals surface area contributed by atoms with Crippen LogP contribution in [-0.2, 0) is 9.47 Å². The highest BCUT2D eigenvalue weighted by atomic mass is 16.9. The van der Waals surface area contributed by atoms with Gasteiger partial charge >= 0.3 is 5.97 Å². The molecule has 0 aromatic rings. The first-order valence-electron chi connectivity index (χ1n) is 6.77. The standard InChI is InChI=1S/C11H17N3O8/c12-8-13-6(17)2-4-9(19,1-15)5-3(16)10(2,14-8)7(18)11(20,21-4)22-5/h2-7,15-20H,1H2,(H3,12,13,14)/t2-,3?,4-,5+,6-,7+,9+,10?,11?/m1/s1. The minimum atomic E-state index is -2.52. The van der Waals surface area contributed by atoms with Gasteiger partial charge in [0.2, 0.25) is 0 Å². The molecular weight excluding hydrogens is 302 g/mol. The van der Waals surface area contributed by atoms with Crippen LogP contribution in [0.2, 0.25) is 0 Å². The number of aliphatic hydroxyl groups excluding tert-OH is 4. The van der Waals surface area contributed by atoms with Gasteiger partial charge in [-0.3, -0.25) is 0 Å². The number of guanidine groups is 1. The summed E-state index contributed by atoms with van der Waals surface area (Å²) in [6.45, 7) is -0.857. The molecule has 0 amide bonds. The summed E-state index contributed by atoms with van der Waals surface area (Å²) in [6, 6.07) is 0. The van der Waals surface area contributed by atoms with Gasteiger partial charge in [-0.15, -0.1) is 0 Å². The third-order valence-electron chi connectivity index (χ3n) is 5.22. The van der Waals surface area contributed by atoms with E-state index in [9.17, 15) is 30.6 Å². The van der Waals surface area contributed by atoms with Crippen molar-refractivity contribution in [3.05, 3.63) is 0 Å². The van der Waals surface area contributed by atoms with Crippen molar-refractivity contribution in [2.24, 2.45) is 16.6 Å². The number of nitrogens with two attached hydrogens (primary N) is 1. The molecule has 1 saturated carbocycles. The maximum absolute atomic E-state index is 10.6. The highest BCUT2D eigenvalue weighted by Crippen LogP contribution is 2.58. The van der Waals surface area contributed by atoms with Crippen molar-refractivity contribution in [1.82, 2.24) is 5.32 Å². The van der Waals surface area contributed by atoms with Gasteiger partial charge in [-0.05, 0) is 0 Å². The van der Waals surface area contributed by atoms with Gasteiger partial charge in [0, 0.05) is 0 Å². The highest BCUT2D eigenvalue weighted by molar-refractivity contribution is 5.80. The van der Waals surface area contributed by atoms with Gasteiger partial charge in [-0.25, -0.2) is 4.99 Å². The van der Waals surface area contributed by atoms with Crippen molar-refractivity contribution in [3.8, 4) is 0 Å². The molecule has 1 aliphatic carbocycles. The molecule has 4 heterocycles. The molecule has 5 aliphatic rings. The van der Waals surface area contributed by atoms with Gasteiger partial charge in [0.15, 0.2) is 18.3 Å². The lowest BCUT2D eigenvalue weighted by atomic mass is 9.55. The van der Waals surface area contributed by atoms with E-state index in [1.807, 2.05) is 0 Å². The Morgan fingerprint density at radius 1 is 1.18 bits per heavy atom. The molecule has 0 aromatic heterocycles.